The molecule has 0 aromatic heterocycles. The molecule has 0 aliphatic heterocycles. The summed E-state index contributed by atoms with van der Waals surface area (Å²) in [5.74, 6) is 0.0955. The molecule has 0 heterocycles. The number of nitrogens with zero attached hydrogens (tertiary/aromatic N) is 1. The van der Waals surface area contributed by atoms with Crippen molar-refractivity contribution in [3.05, 3.63) is 34.9 Å². The predicted molar refractivity (Wildman–Crippen MR) is 62.5 cm³/mol. The molecule has 80 valence electrons. The second kappa shape index (κ2) is 4.59. The molecule has 1 aromatic rings. The average molecular weight is 205 g/mol. The van der Waals surface area contributed by atoms with Gasteiger partial charge in [0.2, 0.25) is 0 Å². The molecule has 15 heavy (non-hydrogen) atoms. The highest BCUT2D eigenvalue weighted by molar-refractivity contribution is 5.98. The minimum Gasteiger partial charge on any atom is -0.289 e. The van der Waals surface area contributed by atoms with E-state index in [1.165, 1.54) is 11.1 Å². The third kappa shape index (κ3) is 3.09. The fourth-order valence-corrected chi connectivity index (χ4v) is 1.18. The van der Waals surface area contributed by atoms with Crippen LogP contribution in [0.15, 0.2) is 23.3 Å². The molecule has 0 unspecified atom stereocenters. The minimum absolute atomic E-state index is 0.0955. The fraction of sp³-hybridized carbons (Fsp3) is 0.273. The molecule has 5 N–H and O–H groups in total. The molecule has 0 saturated carbocycles. The van der Waals surface area contributed by atoms with Crippen LogP contribution in [0.3, 0.4) is 0 Å². The van der Waals surface area contributed by atoms with Crippen molar-refractivity contribution in [3.63, 3.8) is 0 Å². The van der Waals surface area contributed by atoms with Gasteiger partial charge in [-0.2, -0.15) is 5.10 Å². The third-order valence-electron chi connectivity index (χ3n) is 2.28. The van der Waals surface area contributed by atoms with Crippen molar-refractivity contribution in [1.82, 2.24) is 0 Å². The van der Waals surface area contributed by atoms with Crippen LogP contribution in [0, 0.1) is 13.8 Å². The van der Waals surface area contributed by atoms with Crippen molar-refractivity contribution < 1.29 is 5.10 Å². The van der Waals surface area contributed by atoms with Crippen LogP contribution in [0.5, 0.6) is 0 Å². The van der Waals surface area contributed by atoms with Gasteiger partial charge in [0.25, 0.3) is 0 Å². The molecule has 0 atom stereocenters. The molecule has 0 radical (unpaired) electrons. The average Bonchev–Trinajstić information content (AvgIpc) is 2.18. The highest BCUT2D eigenvalue weighted by Gasteiger charge is 1.99. The lowest BCUT2D eigenvalue weighted by atomic mass is 10.0. The van der Waals surface area contributed by atoms with Gasteiger partial charge in [0, 0.05) is 0 Å². The number of rotatable bonds is 2. The van der Waals surface area contributed by atoms with Gasteiger partial charge in [0.15, 0.2) is 0 Å². The van der Waals surface area contributed by atoms with E-state index in [4.69, 9.17) is 11.5 Å². The molecule has 0 aliphatic carbocycles. The minimum atomic E-state index is 0.0955. The maximum atomic E-state index is 5.25. The summed E-state index contributed by atoms with van der Waals surface area (Å²) >= 11 is 0. The standard InChI is InChI=1S/C11H16N4/c1-7-4-5-10(6-8(7)2)9(3)14-15-11(12)13/h4-6H,1-3H3,(H4,12,13,15)/p+1/b14-9-. The van der Waals surface area contributed by atoms with Crippen LogP contribution in [0.4, 0.5) is 0 Å². The largest absolute Gasteiger partial charge is 0.362 e. The van der Waals surface area contributed by atoms with Gasteiger partial charge in [0.1, 0.15) is 0 Å². The van der Waals surface area contributed by atoms with E-state index < -0.39 is 0 Å². The summed E-state index contributed by atoms with van der Waals surface area (Å²) in [6.45, 7) is 6.05. The van der Waals surface area contributed by atoms with Gasteiger partial charge in [-0.05, 0) is 43.5 Å². The second-order valence-corrected chi connectivity index (χ2v) is 3.56. The summed E-state index contributed by atoms with van der Waals surface area (Å²) in [6.07, 6.45) is 0. The Bertz CT molecular complexity index is 415. The Labute approximate surface area is 89.7 Å². The number of benzene rings is 1. The molecule has 4 heteroatoms. The van der Waals surface area contributed by atoms with Crippen LogP contribution in [-0.2, 0) is 0 Å². The van der Waals surface area contributed by atoms with Crippen LogP contribution in [0.25, 0.3) is 0 Å². The summed E-state index contributed by atoms with van der Waals surface area (Å²) in [5, 5.41) is 6.58. The molecule has 1 aromatic carbocycles. The summed E-state index contributed by atoms with van der Waals surface area (Å²) in [4.78, 5) is 0. The molecule has 4 nitrogen and oxygen atoms in total. The molecular weight excluding hydrogens is 188 g/mol. The monoisotopic (exact) mass is 205 g/mol. The Morgan fingerprint density at radius 2 is 1.87 bits per heavy atom. The van der Waals surface area contributed by atoms with Gasteiger partial charge in [-0.1, -0.05) is 12.1 Å². The first kappa shape index (κ1) is 11.2. The maximum absolute atomic E-state index is 5.25. The van der Waals surface area contributed by atoms with Crippen molar-refractivity contribution in [2.75, 3.05) is 0 Å². The zero-order valence-corrected chi connectivity index (χ0v) is 9.33. The normalized spacial score (nSPS) is 11.3. The number of aryl methyl sites for hydroxylation is 2. The molecular formula is C11H17N4+. The van der Waals surface area contributed by atoms with Crippen LogP contribution in [0.2, 0.25) is 0 Å². The van der Waals surface area contributed by atoms with Crippen LogP contribution in [-0.4, -0.2) is 11.7 Å². The number of hydrogen-bond acceptors (Lipinski definition) is 1. The molecule has 0 saturated heterocycles. The van der Waals surface area contributed by atoms with Gasteiger partial charge in [0.05, 0.1) is 5.71 Å². The Hall–Kier alpha value is -1.84. The highest BCUT2D eigenvalue weighted by Crippen LogP contribution is 2.10. The van der Waals surface area contributed by atoms with E-state index in [0.717, 1.165) is 11.3 Å². The lowest BCUT2D eigenvalue weighted by Crippen LogP contribution is -2.72. The van der Waals surface area contributed by atoms with Crippen molar-refractivity contribution >= 4 is 11.7 Å². The number of hydrogen-bond donors (Lipinski definition) is 3. The zero-order chi connectivity index (χ0) is 11.4. The Morgan fingerprint density at radius 3 is 2.40 bits per heavy atom. The van der Waals surface area contributed by atoms with E-state index in [0.29, 0.717) is 0 Å². The third-order valence-corrected chi connectivity index (χ3v) is 2.28. The molecule has 0 fully saturated rings. The number of nitrogens with one attached hydrogen (secondary N) is 1. The van der Waals surface area contributed by atoms with Gasteiger partial charge in [-0.3, -0.25) is 11.5 Å². The predicted octanol–water partition coefficient (Wildman–Crippen LogP) is -0.619. The van der Waals surface area contributed by atoms with Gasteiger partial charge < -0.3 is 0 Å². The SMILES string of the molecule is C/C(=N/[NH+]=C(N)N)c1ccc(C)c(C)c1. The van der Waals surface area contributed by atoms with Crippen molar-refractivity contribution in [3.8, 4) is 0 Å². The first-order chi connectivity index (χ1) is 7.00. The number of guanidine groups is 1. The summed E-state index contributed by atoms with van der Waals surface area (Å²) in [5.41, 5.74) is 14.9. The maximum Gasteiger partial charge on any atom is 0.362 e. The number of nitrogens with two attached hydrogens (primary N) is 2. The van der Waals surface area contributed by atoms with Gasteiger partial charge in [-0.15, -0.1) is 5.10 Å². The van der Waals surface area contributed by atoms with Gasteiger partial charge in [-0.25, -0.2) is 0 Å². The quantitative estimate of drug-likeness (QED) is 0.342. The van der Waals surface area contributed by atoms with E-state index in [1.807, 2.05) is 13.0 Å². The fourth-order valence-electron chi connectivity index (χ4n) is 1.18. The zero-order valence-electron chi connectivity index (χ0n) is 9.33. The second-order valence-electron chi connectivity index (χ2n) is 3.56. The first-order valence-corrected chi connectivity index (χ1v) is 4.76. The van der Waals surface area contributed by atoms with E-state index >= 15 is 0 Å². The highest BCUT2D eigenvalue weighted by atomic mass is 15.3. The Kier molecular flexibility index (Phi) is 3.44. The topological polar surface area (TPSA) is 78.4 Å². The summed E-state index contributed by atoms with van der Waals surface area (Å²) in [6, 6.07) is 6.18. The van der Waals surface area contributed by atoms with Crippen LogP contribution >= 0.6 is 0 Å². The molecule has 0 amide bonds. The Morgan fingerprint density at radius 1 is 1.20 bits per heavy atom. The van der Waals surface area contributed by atoms with Crippen molar-refractivity contribution in [2.24, 2.45) is 16.6 Å². The van der Waals surface area contributed by atoms with E-state index in [1.54, 1.807) is 0 Å². The first-order valence-electron chi connectivity index (χ1n) is 4.76. The molecule has 0 spiro atoms. The lowest BCUT2D eigenvalue weighted by Gasteiger charge is -2.03. The lowest BCUT2D eigenvalue weighted by molar-refractivity contribution is -0.464. The smallest absolute Gasteiger partial charge is 0.289 e. The summed E-state index contributed by atoms with van der Waals surface area (Å²) in [7, 11) is 0. The van der Waals surface area contributed by atoms with E-state index in [-0.39, 0.29) is 5.96 Å². The summed E-state index contributed by atoms with van der Waals surface area (Å²) < 4.78 is 0. The van der Waals surface area contributed by atoms with Crippen molar-refractivity contribution in [1.29, 1.82) is 0 Å². The molecule has 1 rings (SSSR count). The Balaban J connectivity index is 3.02. The van der Waals surface area contributed by atoms with E-state index in [9.17, 15) is 0 Å². The van der Waals surface area contributed by atoms with Crippen LogP contribution < -0.4 is 16.6 Å². The van der Waals surface area contributed by atoms with Crippen molar-refractivity contribution in [2.45, 2.75) is 20.8 Å². The number of hydrazone groups is 1. The van der Waals surface area contributed by atoms with Gasteiger partial charge >= 0.3 is 5.96 Å². The molecule has 0 aliphatic rings. The molecule has 0 bridgehead atoms. The van der Waals surface area contributed by atoms with E-state index in [2.05, 4.69) is 36.2 Å². The van der Waals surface area contributed by atoms with Crippen LogP contribution in [0.1, 0.15) is 23.6 Å².